The summed E-state index contributed by atoms with van der Waals surface area (Å²) in [6.45, 7) is 0. The Morgan fingerprint density at radius 3 is 2.26 bits per heavy atom. The Balaban J connectivity index is 2.66. The van der Waals surface area contributed by atoms with E-state index >= 15 is 0 Å². The first-order valence-corrected chi connectivity index (χ1v) is 6.10. The summed E-state index contributed by atoms with van der Waals surface area (Å²) < 4.78 is 40.4. The minimum absolute atomic E-state index is 0.262. The molecule has 1 aromatic carbocycles. The molecule has 0 aliphatic carbocycles. The van der Waals surface area contributed by atoms with Gasteiger partial charge in [-0.05, 0) is 23.8 Å². The predicted molar refractivity (Wildman–Crippen MR) is 67.4 cm³/mol. The van der Waals surface area contributed by atoms with Gasteiger partial charge in [-0.15, -0.1) is 0 Å². The fourth-order valence-electron chi connectivity index (χ4n) is 1.78. The van der Waals surface area contributed by atoms with Crippen LogP contribution in [-0.4, -0.2) is 16.3 Å². The molecule has 1 N–H and O–H groups in total. The zero-order valence-corrected chi connectivity index (χ0v) is 11.1. The molecule has 0 bridgehead atoms. The highest BCUT2D eigenvalue weighted by Gasteiger charge is 2.56. The molecule has 19 heavy (non-hydrogen) atoms. The maximum Gasteiger partial charge on any atom is 0.425 e. The zero-order chi connectivity index (χ0) is 14.1. The topological polar surface area (TPSA) is 33.1 Å². The van der Waals surface area contributed by atoms with E-state index in [9.17, 15) is 18.3 Å². The number of benzene rings is 1. The van der Waals surface area contributed by atoms with Gasteiger partial charge >= 0.3 is 6.18 Å². The number of alkyl halides is 3. The largest absolute Gasteiger partial charge is 0.425 e. The van der Waals surface area contributed by atoms with Crippen molar-refractivity contribution in [2.75, 3.05) is 0 Å². The van der Waals surface area contributed by atoms with Gasteiger partial charge in [0.15, 0.2) is 0 Å². The normalized spacial score (nSPS) is 15.0. The van der Waals surface area contributed by atoms with Gasteiger partial charge in [-0.2, -0.15) is 13.2 Å². The molecule has 1 aromatic heterocycles. The average molecular weight is 332 g/mol. The Hall–Kier alpha value is -1.40. The molecule has 0 amide bonds. The molecule has 1 unspecified atom stereocenters. The van der Waals surface area contributed by atoms with Crippen LogP contribution in [0.25, 0.3) is 0 Å². The van der Waals surface area contributed by atoms with Crippen LogP contribution in [0.15, 0.2) is 53.3 Å². The quantitative estimate of drug-likeness (QED) is 0.911. The molecular weight excluding hydrogens is 323 g/mol. The third-order valence-electron chi connectivity index (χ3n) is 2.73. The van der Waals surface area contributed by atoms with E-state index < -0.39 is 11.8 Å². The van der Waals surface area contributed by atoms with Crippen LogP contribution in [0.5, 0.6) is 0 Å². The first-order chi connectivity index (χ1) is 8.85. The van der Waals surface area contributed by atoms with Gasteiger partial charge in [0.2, 0.25) is 5.60 Å². The molecule has 1 heterocycles. The van der Waals surface area contributed by atoms with Crippen molar-refractivity contribution >= 4 is 15.9 Å². The highest BCUT2D eigenvalue weighted by atomic mass is 79.9. The Labute approximate surface area is 116 Å². The second kappa shape index (κ2) is 4.94. The molecule has 0 aliphatic rings. The number of hydrogen-bond acceptors (Lipinski definition) is 2. The van der Waals surface area contributed by atoms with Gasteiger partial charge < -0.3 is 5.11 Å². The number of aliphatic hydroxyl groups is 1. The van der Waals surface area contributed by atoms with E-state index in [1.54, 1.807) is 6.07 Å². The molecule has 2 nitrogen and oxygen atoms in total. The minimum atomic E-state index is -4.85. The molecule has 2 aromatic rings. The summed E-state index contributed by atoms with van der Waals surface area (Å²) in [4.78, 5) is 3.64. The van der Waals surface area contributed by atoms with Crippen molar-refractivity contribution in [1.82, 2.24) is 4.98 Å². The molecule has 0 saturated heterocycles. The van der Waals surface area contributed by atoms with Crippen molar-refractivity contribution in [2.45, 2.75) is 11.8 Å². The van der Waals surface area contributed by atoms with Gasteiger partial charge in [-0.25, -0.2) is 0 Å². The van der Waals surface area contributed by atoms with Gasteiger partial charge in [-0.1, -0.05) is 34.1 Å². The number of hydrogen-bond donors (Lipinski definition) is 1. The first kappa shape index (κ1) is 14.0. The Morgan fingerprint density at radius 2 is 1.74 bits per heavy atom. The number of nitrogens with zero attached hydrogens (tertiary/aromatic N) is 1. The third kappa shape index (κ3) is 2.50. The van der Waals surface area contributed by atoms with E-state index in [1.165, 1.54) is 36.5 Å². The van der Waals surface area contributed by atoms with Crippen LogP contribution in [-0.2, 0) is 5.60 Å². The van der Waals surface area contributed by atoms with E-state index in [4.69, 9.17) is 0 Å². The molecule has 1 atom stereocenters. The smallest absolute Gasteiger partial charge is 0.372 e. The number of pyridine rings is 1. The minimum Gasteiger partial charge on any atom is -0.372 e. The highest BCUT2D eigenvalue weighted by molar-refractivity contribution is 9.10. The van der Waals surface area contributed by atoms with Gasteiger partial charge in [0.1, 0.15) is 0 Å². The summed E-state index contributed by atoms with van der Waals surface area (Å²) in [5.74, 6) is 0. The van der Waals surface area contributed by atoms with E-state index in [0.717, 1.165) is 6.20 Å². The Morgan fingerprint density at radius 1 is 1.05 bits per heavy atom. The number of aromatic nitrogens is 1. The van der Waals surface area contributed by atoms with Crippen LogP contribution >= 0.6 is 15.9 Å². The van der Waals surface area contributed by atoms with E-state index in [-0.39, 0.29) is 11.1 Å². The van der Waals surface area contributed by atoms with E-state index in [1.807, 2.05) is 0 Å². The molecule has 2 rings (SSSR count). The van der Waals surface area contributed by atoms with E-state index in [0.29, 0.717) is 4.47 Å². The van der Waals surface area contributed by atoms with Crippen LogP contribution in [0.3, 0.4) is 0 Å². The fourth-order valence-corrected chi connectivity index (χ4v) is 2.18. The predicted octanol–water partition coefficient (Wildman–Crippen LogP) is 3.64. The molecule has 6 heteroatoms. The third-order valence-corrected chi connectivity index (χ3v) is 3.23. The lowest BCUT2D eigenvalue weighted by molar-refractivity contribution is -0.248. The molecular formula is C13H9BrF3NO. The van der Waals surface area contributed by atoms with Crippen LogP contribution in [0.2, 0.25) is 0 Å². The summed E-state index contributed by atoms with van der Waals surface area (Å²) in [6, 6.07) is 8.03. The van der Waals surface area contributed by atoms with Gasteiger partial charge in [0, 0.05) is 22.4 Å². The standard InChI is InChI=1S/C13H9BrF3NO/c14-11-5-1-3-9(7-11)12(19,13(15,16)17)10-4-2-6-18-8-10/h1-8,19H. The molecule has 0 spiro atoms. The fraction of sp³-hybridized carbons (Fsp3) is 0.154. The summed E-state index contributed by atoms with van der Waals surface area (Å²) >= 11 is 3.10. The summed E-state index contributed by atoms with van der Waals surface area (Å²) in [7, 11) is 0. The molecule has 0 radical (unpaired) electrons. The Kier molecular flexibility index (Phi) is 3.64. The molecule has 100 valence electrons. The van der Waals surface area contributed by atoms with Gasteiger partial charge in [-0.3, -0.25) is 4.98 Å². The summed E-state index contributed by atoms with van der Waals surface area (Å²) in [6.07, 6.45) is -2.49. The maximum absolute atomic E-state index is 13.3. The van der Waals surface area contributed by atoms with Crippen LogP contribution in [0, 0.1) is 0 Å². The molecule has 0 saturated carbocycles. The van der Waals surface area contributed by atoms with Crippen molar-refractivity contribution in [3.63, 3.8) is 0 Å². The molecule has 0 aliphatic heterocycles. The van der Waals surface area contributed by atoms with Crippen molar-refractivity contribution in [3.05, 3.63) is 64.4 Å². The number of halogens is 4. The monoisotopic (exact) mass is 331 g/mol. The SMILES string of the molecule is OC(c1cccnc1)(c1cccc(Br)c1)C(F)(F)F. The summed E-state index contributed by atoms with van der Waals surface area (Å²) in [5, 5.41) is 10.2. The number of rotatable bonds is 2. The van der Waals surface area contributed by atoms with Crippen molar-refractivity contribution in [3.8, 4) is 0 Å². The van der Waals surface area contributed by atoms with Crippen LogP contribution in [0.4, 0.5) is 13.2 Å². The highest BCUT2D eigenvalue weighted by Crippen LogP contribution is 2.44. The summed E-state index contributed by atoms with van der Waals surface area (Å²) in [5.41, 5.74) is -3.66. The van der Waals surface area contributed by atoms with Gasteiger partial charge in [0.25, 0.3) is 0 Å². The first-order valence-electron chi connectivity index (χ1n) is 5.31. The van der Waals surface area contributed by atoms with Crippen molar-refractivity contribution in [1.29, 1.82) is 0 Å². The second-order valence-electron chi connectivity index (χ2n) is 3.96. The zero-order valence-electron chi connectivity index (χ0n) is 9.53. The van der Waals surface area contributed by atoms with Crippen molar-refractivity contribution in [2.24, 2.45) is 0 Å². The molecule has 0 fully saturated rings. The Bertz CT molecular complexity index is 574. The van der Waals surface area contributed by atoms with Crippen molar-refractivity contribution < 1.29 is 18.3 Å². The second-order valence-corrected chi connectivity index (χ2v) is 4.88. The van der Waals surface area contributed by atoms with Crippen LogP contribution < -0.4 is 0 Å². The average Bonchev–Trinajstić information content (AvgIpc) is 2.37. The lowest BCUT2D eigenvalue weighted by Crippen LogP contribution is -2.43. The lowest BCUT2D eigenvalue weighted by Gasteiger charge is -2.31. The lowest BCUT2D eigenvalue weighted by atomic mass is 9.87. The van der Waals surface area contributed by atoms with Gasteiger partial charge in [0.05, 0.1) is 0 Å². The van der Waals surface area contributed by atoms with E-state index in [2.05, 4.69) is 20.9 Å². The maximum atomic E-state index is 13.3. The van der Waals surface area contributed by atoms with Crippen LogP contribution in [0.1, 0.15) is 11.1 Å².